The van der Waals surface area contributed by atoms with Crippen molar-refractivity contribution < 1.29 is 4.79 Å². The molecule has 0 bridgehead atoms. The van der Waals surface area contributed by atoms with Crippen molar-refractivity contribution in [2.24, 2.45) is 4.99 Å². The standard InChI is InChI=1S/C25H19N3OS/c1-27-24(29)23(30-25(27)26-20-10-3-2-4-11-20)17-21-12-7-15-28(21)22-14-13-18-8-5-6-9-19(18)16-22/h2-17H,1H3/b23-17-,26-25?. The van der Waals surface area contributed by atoms with Gasteiger partial charge < -0.3 is 4.57 Å². The second-order valence-electron chi connectivity index (χ2n) is 7.04. The van der Waals surface area contributed by atoms with Gasteiger partial charge in [0, 0.05) is 24.6 Å². The van der Waals surface area contributed by atoms with Gasteiger partial charge in [-0.25, -0.2) is 4.99 Å². The van der Waals surface area contributed by atoms with Crippen LogP contribution >= 0.6 is 11.8 Å². The van der Waals surface area contributed by atoms with Crippen molar-refractivity contribution in [2.75, 3.05) is 7.05 Å². The molecule has 0 aliphatic carbocycles. The average molecular weight is 410 g/mol. The molecule has 0 saturated carbocycles. The van der Waals surface area contributed by atoms with Crippen LogP contribution in [0.5, 0.6) is 0 Å². The molecule has 30 heavy (non-hydrogen) atoms. The number of thioether (sulfide) groups is 1. The number of fused-ring (bicyclic) bond motifs is 1. The van der Waals surface area contributed by atoms with E-state index in [2.05, 4.69) is 39.9 Å². The Labute approximate surface area is 179 Å². The maximum absolute atomic E-state index is 12.8. The maximum atomic E-state index is 12.8. The van der Waals surface area contributed by atoms with Crippen molar-refractivity contribution in [1.82, 2.24) is 9.47 Å². The van der Waals surface area contributed by atoms with E-state index in [0.29, 0.717) is 10.1 Å². The van der Waals surface area contributed by atoms with E-state index in [4.69, 9.17) is 0 Å². The number of carbonyl (C=O) groups is 1. The molecule has 0 radical (unpaired) electrons. The normalized spacial score (nSPS) is 16.8. The van der Waals surface area contributed by atoms with E-state index < -0.39 is 0 Å². The molecule has 4 aromatic rings. The third-order valence-corrected chi connectivity index (χ3v) is 6.12. The number of hydrogen-bond acceptors (Lipinski definition) is 3. The van der Waals surface area contributed by atoms with Crippen LogP contribution in [0.15, 0.2) is 101 Å². The summed E-state index contributed by atoms with van der Waals surface area (Å²) >= 11 is 1.40. The number of para-hydroxylation sites is 1. The zero-order chi connectivity index (χ0) is 20.5. The lowest BCUT2D eigenvalue weighted by Crippen LogP contribution is -2.23. The summed E-state index contributed by atoms with van der Waals surface area (Å²) in [7, 11) is 1.76. The summed E-state index contributed by atoms with van der Waals surface area (Å²) in [6.45, 7) is 0. The number of likely N-dealkylation sites (N-methyl/N-ethyl adjacent to an activating group) is 1. The molecule has 5 heteroatoms. The fourth-order valence-corrected chi connectivity index (χ4v) is 4.44. The number of rotatable bonds is 3. The first-order valence-electron chi connectivity index (χ1n) is 9.67. The number of amidine groups is 1. The number of hydrogen-bond donors (Lipinski definition) is 0. The number of aliphatic imine (C=N–C) groups is 1. The Morgan fingerprint density at radius 2 is 1.63 bits per heavy atom. The molecule has 0 N–H and O–H groups in total. The molecule has 2 heterocycles. The van der Waals surface area contributed by atoms with Crippen molar-refractivity contribution in [3.8, 4) is 5.69 Å². The van der Waals surface area contributed by atoms with Gasteiger partial charge in [-0.1, -0.05) is 48.5 Å². The van der Waals surface area contributed by atoms with Gasteiger partial charge in [0.25, 0.3) is 5.91 Å². The zero-order valence-corrected chi connectivity index (χ0v) is 17.2. The Balaban J connectivity index is 1.49. The molecular weight excluding hydrogens is 390 g/mol. The number of benzene rings is 3. The van der Waals surface area contributed by atoms with Gasteiger partial charge in [0.2, 0.25) is 0 Å². The van der Waals surface area contributed by atoms with Crippen LogP contribution in [-0.2, 0) is 4.79 Å². The van der Waals surface area contributed by atoms with Crippen LogP contribution in [-0.4, -0.2) is 27.6 Å². The third kappa shape index (κ3) is 3.44. The fraction of sp³-hybridized carbons (Fsp3) is 0.0400. The minimum Gasteiger partial charge on any atom is -0.317 e. The van der Waals surface area contributed by atoms with E-state index in [1.54, 1.807) is 11.9 Å². The van der Waals surface area contributed by atoms with Gasteiger partial charge in [0.15, 0.2) is 5.17 Å². The summed E-state index contributed by atoms with van der Waals surface area (Å²) in [5.41, 5.74) is 2.85. The highest BCUT2D eigenvalue weighted by molar-refractivity contribution is 8.18. The molecule has 4 nitrogen and oxygen atoms in total. The van der Waals surface area contributed by atoms with Crippen molar-refractivity contribution in [1.29, 1.82) is 0 Å². The summed E-state index contributed by atoms with van der Waals surface area (Å²) in [5.74, 6) is -0.0408. The zero-order valence-electron chi connectivity index (χ0n) is 16.4. The molecule has 0 unspecified atom stereocenters. The first-order chi connectivity index (χ1) is 14.7. The van der Waals surface area contributed by atoms with E-state index in [-0.39, 0.29) is 5.91 Å². The lowest BCUT2D eigenvalue weighted by atomic mass is 10.1. The van der Waals surface area contributed by atoms with Crippen LogP contribution in [0.2, 0.25) is 0 Å². The first kappa shape index (κ1) is 18.5. The topological polar surface area (TPSA) is 37.6 Å². The van der Waals surface area contributed by atoms with E-state index in [1.165, 1.54) is 22.5 Å². The van der Waals surface area contributed by atoms with Gasteiger partial charge in [-0.15, -0.1) is 0 Å². The predicted molar refractivity (Wildman–Crippen MR) is 125 cm³/mol. The predicted octanol–water partition coefficient (Wildman–Crippen LogP) is 5.86. The van der Waals surface area contributed by atoms with Gasteiger partial charge in [-0.05, 0) is 65.0 Å². The minimum absolute atomic E-state index is 0.0408. The molecule has 1 aliphatic heterocycles. The molecule has 1 amide bonds. The highest BCUT2D eigenvalue weighted by Gasteiger charge is 2.30. The van der Waals surface area contributed by atoms with E-state index in [1.807, 2.05) is 66.9 Å². The van der Waals surface area contributed by atoms with Gasteiger partial charge in [-0.2, -0.15) is 0 Å². The second-order valence-corrected chi connectivity index (χ2v) is 8.05. The molecule has 1 fully saturated rings. The Morgan fingerprint density at radius 3 is 2.47 bits per heavy atom. The molecule has 5 rings (SSSR count). The van der Waals surface area contributed by atoms with Crippen molar-refractivity contribution in [2.45, 2.75) is 0 Å². The fourth-order valence-electron chi connectivity index (χ4n) is 3.47. The number of amides is 1. The highest BCUT2D eigenvalue weighted by atomic mass is 32.2. The molecule has 1 saturated heterocycles. The van der Waals surface area contributed by atoms with E-state index >= 15 is 0 Å². The van der Waals surface area contributed by atoms with Gasteiger partial charge in [-0.3, -0.25) is 9.69 Å². The van der Waals surface area contributed by atoms with Crippen LogP contribution in [0.3, 0.4) is 0 Å². The molecular formula is C25H19N3OS. The number of carbonyl (C=O) groups excluding carboxylic acids is 1. The highest BCUT2D eigenvalue weighted by Crippen LogP contribution is 2.33. The van der Waals surface area contributed by atoms with Crippen molar-refractivity contribution in [3.05, 3.63) is 102 Å². The summed E-state index contributed by atoms with van der Waals surface area (Å²) in [4.78, 5) is 19.7. The quantitative estimate of drug-likeness (QED) is 0.397. The number of aromatic nitrogens is 1. The summed E-state index contributed by atoms with van der Waals surface area (Å²) in [6, 6.07) is 28.4. The Hall–Kier alpha value is -3.57. The second kappa shape index (κ2) is 7.69. The Morgan fingerprint density at radius 1 is 0.867 bits per heavy atom. The molecule has 1 aromatic heterocycles. The Kier molecular flexibility index (Phi) is 4.73. The van der Waals surface area contributed by atoms with Crippen molar-refractivity contribution >= 4 is 45.4 Å². The van der Waals surface area contributed by atoms with Gasteiger partial charge in [0.1, 0.15) is 0 Å². The van der Waals surface area contributed by atoms with Crippen molar-refractivity contribution in [3.63, 3.8) is 0 Å². The summed E-state index contributed by atoms with van der Waals surface area (Å²) in [5, 5.41) is 3.07. The van der Waals surface area contributed by atoms with E-state index in [0.717, 1.165) is 17.1 Å². The summed E-state index contributed by atoms with van der Waals surface area (Å²) < 4.78 is 2.10. The lowest BCUT2D eigenvalue weighted by molar-refractivity contribution is -0.121. The van der Waals surface area contributed by atoms with E-state index in [9.17, 15) is 4.79 Å². The molecule has 3 aromatic carbocycles. The first-order valence-corrected chi connectivity index (χ1v) is 10.5. The van der Waals surface area contributed by atoms with Crippen LogP contribution in [0, 0.1) is 0 Å². The molecule has 0 atom stereocenters. The van der Waals surface area contributed by atoms with Crippen LogP contribution < -0.4 is 0 Å². The van der Waals surface area contributed by atoms with Crippen LogP contribution in [0.1, 0.15) is 5.69 Å². The molecule has 146 valence electrons. The number of nitrogens with zero attached hydrogens (tertiary/aromatic N) is 3. The van der Waals surface area contributed by atoms with Gasteiger partial charge >= 0.3 is 0 Å². The Bertz CT molecular complexity index is 1300. The SMILES string of the molecule is CN1C(=O)/C(=C/c2cccn2-c2ccc3ccccc3c2)SC1=Nc1ccccc1. The average Bonchev–Trinajstić information content (AvgIpc) is 3.35. The summed E-state index contributed by atoms with van der Waals surface area (Å²) in [6.07, 6.45) is 3.95. The maximum Gasteiger partial charge on any atom is 0.266 e. The third-order valence-electron chi connectivity index (χ3n) is 5.06. The monoisotopic (exact) mass is 409 g/mol. The molecule has 1 aliphatic rings. The van der Waals surface area contributed by atoms with Crippen LogP contribution in [0.25, 0.3) is 22.5 Å². The lowest BCUT2D eigenvalue weighted by Gasteiger charge is -2.09. The molecule has 0 spiro atoms. The van der Waals surface area contributed by atoms with Gasteiger partial charge in [0.05, 0.1) is 10.6 Å². The van der Waals surface area contributed by atoms with Crippen LogP contribution in [0.4, 0.5) is 5.69 Å². The minimum atomic E-state index is -0.0408. The smallest absolute Gasteiger partial charge is 0.266 e. The largest absolute Gasteiger partial charge is 0.317 e.